The summed E-state index contributed by atoms with van der Waals surface area (Å²) in [4.78, 5) is 14.5. The minimum atomic E-state index is -0.458. The summed E-state index contributed by atoms with van der Waals surface area (Å²) in [6.45, 7) is 0. The minimum absolute atomic E-state index is 0.0388. The Kier molecular flexibility index (Phi) is 5.00. The molecule has 10 nitrogen and oxygen atoms in total. The SMILES string of the molecule is N#Cc1ncoc1NN=Cc1cn(-c2ccccc2)nc1-c1cccc([N+](=O)[O-])c1. The summed E-state index contributed by atoms with van der Waals surface area (Å²) in [7, 11) is 0. The Morgan fingerprint density at radius 2 is 2.07 bits per heavy atom. The maximum Gasteiger partial charge on any atom is 0.270 e. The van der Waals surface area contributed by atoms with Gasteiger partial charge in [-0.05, 0) is 12.1 Å². The zero-order chi connectivity index (χ0) is 20.9. The fourth-order valence-electron chi connectivity index (χ4n) is 2.75. The van der Waals surface area contributed by atoms with Gasteiger partial charge < -0.3 is 4.42 Å². The lowest BCUT2D eigenvalue weighted by atomic mass is 10.1. The highest BCUT2D eigenvalue weighted by Gasteiger charge is 2.14. The van der Waals surface area contributed by atoms with Gasteiger partial charge in [0, 0.05) is 29.5 Å². The monoisotopic (exact) mass is 399 g/mol. The molecule has 1 N–H and O–H groups in total. The molecule has 0 amide bonds. The highest BCUT2D eigenvalue weighted by Crippen LogP contribution is 2.26. The number of aromatic nitrogens is 3. The Labute approximate surface area is 169 Å². The van der Waals surface area contributed by atoms with Crippen molar-refractivity contribution < 1.29 is 9.34 Å². The molecular formula is C20H13N7O3. The van der Waals surface area contributed by atoms with Gasteiger partial charge in [-0.3, -0.25) is 10.1 Å². The molecule has 10 heteroatoms. The molecule has 0 spiro atoms. The molecule has 0 fully saturated rings. The fraction of sp³-hybridized carbons (Fsp3) is 0. The van der Waals surface area contributed by atoms with Crippen LogP contribution >= 0.6 is 0 Å². The predicted molar refractivity (Wildman–Crippen MR) is 108 cm³/mol. The normalized spacial score (nSPS) is 10.8. The lowest BCUT2D eigenvalue weighted by Crippen LogP contribution is -1.94. The Bertz CT molecular complexity index is 1270. The summed E-state index contributed by atoms with van der Waals surface area (Å²) < 4.78 is 6.73. The third-order valence-electron chi connectivity index (χ3n) is 4.14. The Balaban J connectivity index is 1.73. The number of non-ortho nitro benzene ring substituents is 1. The maximum atomic E-state index is 11.2. The molecule has 0 aliphatic carbocycles. The molecule has 0 bridgehead atoms. The second-order valence-corrected chi connectivity index (χ2v) is 6.03. The van der Waals surface area contributed by atoms with Gasteiger partial charge in [0.05, 0.1) is 16.8 Å². The van der Waals surface area contributed by atoms with E-state index in [1.165, 1.54) is 18.3 Å². The first-order valence-electron chi connectivity index (χ1n) is 8.68. The van der Waals surface area contributed by atoms with Crippen LogP contribution in [0, 0.1) is 21.4 Å². The number of hydrazone groups is 1. The number of nitro benzene ring substituents is 1. The molecule has 4 aromatic rings. The van der Waals surface area contributed by atoms with Gasteiger partial charge in [0.15, 0.2) is 6.39 Å². The lowest BCUT2D eigenvalue weighted by Gasteiger charge is -2.00. The number of nitrogens with zero attached hydrogens (tertiary/aromatic N) is 6. The van der Waals surface area contributed by atoms with Crippen LogP contribution in [0.4, 0.5) is 11.6 Å². The number of oxazole rings is 1. The van der Waals surface area contributed by atoms with E-state index in [1.54, 1.807) is 23.0 Å². The standard InChI is InChI=1S/C20H13N7O3/c21-10-18-20(30-13-22-18)24-23-11-15-12-26(16-6-2-1-3-7-16)25-19(15)14-5-4-8-17(9-14)27(28)29/h1-9,11-13,24H. The number of para-hydroxylation sites is 1. The van der Waals surface area contributed by atoms with E-state index >= 15 is 0 Å². The van der Waals surface area contributed by atoms with Gasteiger partial charge in [-0.25, -0.2) is 15.1 Å². The number of benzene rings is 2. The van der Waals surface area contributed by atoms with E-state index in [9.17, 15) is 10.1 Å². The Morgan fingerprint density at radius 1 is 1.23 bits per heavy atom. The van der Waals surface area contributed by atoms with Crippen LogP contribution in [0.5, 0.6) is 0 Å². The molecule has 4 rings (SSSR count). The summed E-state index contributed by atoms with van der Waals surface area (Å²) in [5, 5.41) is 28.8. The van der Waals surface area contributed by atoms with Crippen molar-refractivity contribution in [3.05, 3.63) is 88.6 Å². The van der Waals surface area contributed by atoms with Crippen molar-refractivity contribution in [3.8, 4) is 23.0 Å². The molecule has 0 atom stereocenters. The van der Waals surface area contributed by atoms with E-state index in [0.717, 1.165) is 12.1 Å². The first-order valence-corrected chi connectivity index (χ1v) is 8.68. The number of nitriles is 1. The predicted octanol–water partition coefficient (Wildman–Crippen LogP) is 3.75. The number of hydrogen-bond donors (Lipinski definition) is 1. The van der Waals surface area contributed by atoms with E-state index in [1.807, 2.05) is 36.4 Å². The maximum absolute atomic E-state index is 11.2. The molecule has 0 saturated heterocycles. The second-order valence-electron chi connectivity index (χ2n) is 6.03. The van der Waals surface area contributed by atoms with Gasteiger partial charge in [0.25, 0.3) is 11.6 Å². The molecule has 0 saturated carbocycles. The van der Waals surface area contributed by atoms with Crippen molar-refractivity contribution in [1.82, 2.24) is 14.8 Å². The van der Waals surface area contributed by atoms with Crippen molar-refractivity contribution in [1.29, 1.82) is 5.26 Å². The van der Waals surface area contributed by atoms with Gasteiger partial charge in [-0.15, -0.1) is 0 Å². The van der Waals surface area contributed by atoms with Crippen molar-refractivity contribution in [3.63, 3.8) is 0 Å². The van der Waals surface area contributed by atoms with Crippen LogP contribution in [0.2, 0.25) is 0 Å². The molecule has 0 unspecified atom stereocenters. The highest BCUT2D eigenvalue weighted by atomic mass is 16.6. The molecule has 0 aliphatic heterocycles. The van der Waals surface area contributed by atoms with Crippen LogP contribution < -0.4 is 5.43 Å². The summed E-state index contributed by atoms with van der Waals surface area (Å²) in [6.07, 6.45) is 4.38. The highest BCUT2D eigenvalue weighted by molar-refractivity contribution is 5.89. The first kappa shape index (κ1) is 18.6. The molecule has 2 heterocycles. The number of rotatable bonds is 6. The zero-order valence-corrected chi connectivity index (χ0v) is 15.3. The molecule has 2 aromatic heterocycles. The van der Waals surface area contributed by atoms with Gasteiger partial charge in [-0.1, -0.05) is 30.3 Å². The molecular weight excluding hydrogens is 386 g/mol. The molecule has 146 valence electrons. The van der Waals surface area contributed by atoms with Gasteiger partial charge in [0.1, 0.15) is 11.8 Å². The first-order chi connectivity index (χ1) is 14.7. The second kappa shape index (κ2) is 8.07. The number of nitro groups is 1. The number of hydrogen-bond acceptors (Lipinski definition) is 8. The third kappa shape index (κ3) is 3.76. The van der Waals surface area contributed by atoms with E-state index in [-0.39, 0.29) is 17.3 Å². The summed E-state index contributed by atoms with van der Waals surface area (Å²) >= 11 is 0. The van der Waals surface area contributed by atoms with Crippen LogP contribution in [-0.4, -0.2) is 25.9 Å². The number of nitrogens with one attached hydrogen (secondary N) is 1. The Morgan fingerprint density at radius 3 is 2.83 bits per heavy atom. The summed E-state index contributed by atoms with van der Waals surface area (Å²) in [5.41, 5.74) is 5.15. The number of anilines is 1. The van der Waals surface area contributed by atoms with Crippen molar-refractivity contribution >= 4 is 17.8 Å². The van der Waals surface area contributed by atoms with Crippen LogP contribution in [0.15, 0.2) is 76.7 Å². The van der Waals surface area contributed by atoms with E-state index in [4.69, 9.17) is 9.68 Å². The van der Waals surface area contributed by atoms with Crippen LogP contribution in [0.1, 0.15) is 11.3 Å². The van der Waals surface area contributed by atoms with Crippen molar-refractivity contribution in [2.24, 2.45) is 5.10 Å². The average molecular weight is 399 g/mol. The smallest absolute Gasteiger partial charge is 0.270 e. The van der Waals surface area contributed by atoms with E-state index < -0.39 is 4.92 Å². The van der Waals surface area contributed by atoms with Crippen molar-refractivity contribution in [2.45, 2.75) is 0 Å². The topological polar surface area (TPSA) is 135 Å². The van der Waals surface area contributed by atoms with Gasteiger partial charge in [-0.2, -0.15) is 15.5 Å². The Hall–Kier alpha value is -4.78. The molecule has 30 heavy (non-hydrogen) atoms. The molecule has 2 aromatic carbocycles. The van der Waals surface area contributed by atoms with Gasteiger partial charge in [0.2, 0.25) is 5.69 Å². The third-order valence-corrected chi connectivity index (χ3v) is 4.14. The fourth-order valence-corrected chi connectivity index (χ4v) is 2.75. The van der Waals surface area contributed by atoms with Crippen LogP contribution in [-0.2, 0) is 0 Å². The van der Waals surface area contributed by atoms with Crippen LogP contribution in [0.3, 0.4) is 0 Å². The molecule has 0 radical (unpaired) electrons. The van der Waals surface area contributed by atoms with Crippen molar-refractivity contribution in [2.75, 3.05) is 5.43 Å². The van der Waals surface area contributed by atoms with Crippen LogP contribution in [0.25, 0.3) is 16.9 Å². The molecule has 0 aliphatic rings. The zero-order valence-electron chi connectivity index (χ0n) is 15.3. The largest absolute Gasteiger partial charge is 0.425 e. The minimum Gasteiger partial charge on any atom is -0.425 e. The quantitative estimate of drug-likeness (QED) is 0.296. The van der Waals surface area contributed by atoms with Gasteiger partial charge >= 0.3 is 0 Å². The summed E-state index contributed by atoms with van der Waals surface area (Å²) in [5.74, 6) is 0.112. The van der Waals surface area contributed by atoms with E-state index in [0.29, 0.717) is 16.8 Å². The average Bonchev–Trinajstić information content (AvgIpc) is 3.41. The lowest BCUT2D eigenvalue weighted by molar-refractivity contribution is -0.384. The summed E-state index contributed by atoms with van der Waals surface area (Å²) in [6, 6.07) is 17.5. The van der Waals surface area contributed by atoms with E-state index in [2.05, 4.69) is 20.6 Å².